The molecule has 2 fully saturated rings. The number of aliphatic hydroxyl groups is 5. The molecule has 0 spiro atoms. The van der Waals surface area contributed by atoms with Gasteiger partial charge in [-0.3, -0.25) is 29.0 Å². The van der Waals surface area contributed by atoms with E-state index in [1.165, 1.54) is 11.8 Å². The van der Waals surface area contributed by atoms with E-state index in [4.69, 9.17) is 38.6 Å². The molecule has 0 aliphatic carbocycles. The summed E-state index contributed by atoms with van der Waals surface area (Å²) in [6.07, 6.45) is -9.03. The predicted molar refractivity (Wildman–Crippen MR) is 171 cm³/mol. The van der Waals surface area contributed by atoms with E-state index in [1.807, 2.05) is 0 Å². The van der Waals surface area contributed by atoms with Gasteiger partial charge in [0.1, 0.15) is 24.4 Å². The number of carbonyl (C=O) groups is 4. The quantitative estimate of drug-likeness (QED) is 0.0395. The zero-order valence-electron chi connectivity index (χ0n) is 28.9. The van der Waals surface area contributed by atoms with E-state index in [9.17, 15) is 44.7 Å². The number of carboxylic acid groups (broad SMARTS) is 2. The first-order chi connectivity index (χ1) is 24.2. The highest BCUT2D eigenvalue weighted by atomic mass is 16.7. The second kappa shape index (κ2) is 23.8. The van der Waals surface area contributed by atoms with Gasteiger partial charge in [0.25, 0.3) is 0 Å². The minimum absolute atomic E-state index is 0.00670. The van der Waals surface area contributed by atoms with Crippen LogP contribution in [0.25, 0.3) is 0 Å². The van der Waals surface area contributed by atoms with Gasteiger partial charge in [0.15, 0.2) is 12.6 Å². The van der Waals surface area contributed by atoms with Crippen LogP contribution in [0.15, 0.2) is 0 Å². The predicted octanol–water partition coefficient (Wildman–Crippen LogP) is -5.26. The Bertz CT molecular complexity index is 1040. The molecule has 5 unspecified atom stereocenters. The van der Waals surface area contributed by atoms with Gasteiger partial charge in [-0.15, -0.1) is 0 Å². The number of hydrogen-bond donors (Lipinski definition) is 9. The smallest absolute Gasteiger partial charge is 0.317 e. The van der Waals surface area contributed by atoms with E-state index in [2.05, 4.69) is 10.6 Å². The summed E-state index contributed by atoms with van der Waals surface area (Å²) in [7, 11) is 0. The molecule has 0 aromatic heterocycles. The monoisotopic (exact) mass is 742 g/mol. The highest BCUT2D eigenvalue weighted by molar-refractivity contribution is 5.81. The molecule has 51 heavy (non-hydrogen) atoms. The number of nitrogens with one attached hydrogen (secondary N) is 2. The standard InChI is InChI=1S/C30H54N4O17/c1-18-20(35)13-21(36)29(50-18)48-11-9-46-7-3-31-22(37)14-33(5-6-34(16-24(39)40)17-25(41)42)15-23(38)32-4-8-47-10-12-49-30-28(45)27(44)26(43)19(2)51-30/h18-21,26-30,35-36,43-45H,3-17H2,1-2H3,(H,31,37)(H,32,38)(H,39,40)(H,41,42)/t18-,19?,20?,21+,26-,27?,28?,29?,30+/m0/s1. The molecule has 2 amide bonds. The molecule has 0 bridgehead atoms. The Morgan fingerprint density at radius 1 is 0.608 bits per heavy atom. The summed E-state index contributed by atoms with van der Waals surface area (Å²) in [6.45, 7) is 2.16. The highest BCUT2D eigenvalue weighted by Crippen LogP contribution is 2.22. The maximum absolute atomic E-state index is 12.7. The number of carboxylic acids is 2. The molecule has 2 rings (SSSR count). The van der Waals surface area contributed by atoms with Crippen LogP contribution in [-0.2, 0) is 47.6 Å². The topological polar surface area (TPSA) is 296 Å². The summed E-state index contributed by atoms with van der Waals surface area (Å²) in [5, 5.41) is 72.8. The van der Waals surface area contributed by atoms with E-state index in [-0.39, 0.29) is 85.3 Å². The third-order valence-electron chi connectivity index (χ3n) is 7.84. The largest absolute Gasteiger partial charge is 0.480 e. The lowest BCUT2D eigenvalue weighted by Gasteiger charge is -2.38. The van der Waals surface area contributed by atoms with Gasteiger partial charge >= 0.3 is 11.9 Å². The Labute approximate surface area is 295 Å². The van der Waals surface area contributed by atoms with Crippen molar-refractivity contribution in [2.24, 2.45) is 0 Å². The molecular weight excluding hydrogens is 688 g/mol. The number of ether oxygens (including phenoxy) is 6. The third-order valence-corrected chi connectivity index (χ3v) is 7.84. The summed E-state index contributed by atoms with van der Waals surface area (Å²) >= 11 is 0. The third kappa shape index (κ3) is 17.6. The molecule has 296 valence electrons. The van der Waals surface area contributed by atoms with Crippen LogP contribution in [0.1, 0.15) is 20.3 Å². The van der Waals surface area contributed by atoms with Crippen molar-refractivity contribution in [3.63, 3.8) is 0 Å². The molecule has 2 aliphatic heterocycles. The Kier molecular flexibility index (Phi) is 20.8. The van der Waals surface area contributed by atoms with Crippen LogP contribution in [0.5, 0.6) is 0 Å². The van der Waals surface area contributed by atoms with Crippen LogP contribution >= 0.6 is 0 Å². The normalized spacial score (nSPS) is 28.1. The van der Waals surface area contributed by atoms with Crippen LogP contribution < -0.4 is 10.6 Å². The van der Waals surface area contributed by atoms with Crippen LogP contribution in [0.4, 0.5) is 0 Å². The fourth-order valence-corrected chi connectivity index (χ4v) is 5.03. The van der Waals surface area contributed by atoms with Gasteiger partial charge in [-0.05, 0) is 13.8 Å². The Morgan fingerprint density at radius 2 is 1.08 bits per heavy atom. The number of carbonyl (C=O) groups excluding carboxylic acids is 2. The van der Waals surface area contributed by atoms with Crippen molar-refractivity contribution in [3.8, 4) is 0 Å². The lowest BCUT2D eigenvalue weighted by molar-refractivity contribution is -0.294. The van der Waals surface area contributed by atoms with E-state index in [0.29, 0.717) is 0 Å². The summed E-state index contributed by atoms with van der Waals surface area (Å²) in [5.41, 5.74) is 0. The van der Waals surface area contributed by atoms with Crippen molar-refractivity contribution in [2.75, 3.05) is 92.0 Å². The molecule has 0 saturated carbocycles. The first-order valence-corrected chi connectivity index (χ1v) is 16.7. The van der Waals surface area contributed by atoms with Gasteiger partial charge in [0, 0.05) is 32.6 Å². The van der Waals surface area contributed by atoms with Gasteiger partial charge in [-0.2, -0.15) is 0 Å². The summed E-state index contributed by atoms with van der Waals surface area (Å²) in [4.78, 5) is 50.3. The first kappa shape index (κ1) is 44.5. The minimum Gasteiger partial charge on any atom is -0.480 e. The zero-order valence-corrected chi connectivity index (χ0v) is 28.9. The fraction of sp³-hybridized carbons (Fsp3) is 0.867. The van der Waals surface area contributed by atoms with Gasteiger partial charge in [0.05, 0.1) is 84.1 Å². The Hall–Kier alpha value is -2.64. The van der Waals surface area contributed by atoms with Crippen LogP contribution in [0, 0.1) is 0 Å². The maximum atomic E-state index is 12.7. The molecule has 2 aliphatic rings. The average Bonchev–Trinajstić information content (AvgIpc) is 3.05. The van der Waals surface area contributed by atoms with Crippen LogP contribution in [0.2, 0.25) is 0 Å². The lowest BCUT2D eigenvalue weighted by Crippen LogP contribution is -2.57. The van der Waals surface area contributed by atoms with E-state index >= 15 is 0 Å². The van der Waals surface area contributed by atoms with E-state index in [0.717, 1.165) is 4.90 Å². The van der Waals surface area contributed by atoms with Crippen LogP contribution in [0.3, 0.4) is 0 Å². The second-order valence-electron chi connectivity index (χ2n) is 12.1. The number of rotatable bonds is 25. The SMILES string of the molecule is CC1O[C@@H](OCCOCCNC(=O)CN(CCN(CC(=O)O)CC(=O)O)CC(=O)NCCOCCOC2O[C@@H](C)C(O)C[C@H]2O)C(O)C(O)[C@H]1O. The van der Waals surface area contributed by atoms with Crippen molar-refractivity contribution in [2.45, 2.75) is 75.6 Å². The molecule has 21 heteroatoms. The van der Waals surface area contributed by atoms with Crippen molar-refractivity contribution in [1.82, 2.24) is 20.4 Å². The zero-order chi connectivity index (χ0) is 37.9. The molecule has 9 atom stereocenters. The Morgan fingerprint density at radius 3 is 1.59 bits per heavy atom. The molecule has 21 nitrogen and oxygen atoms in total. The maximum Gasteiger partial charge on any atom is 0.317 e. The fourth-order valence-electron chi connectivity index (χ4n) is 5.03. The summed E-state index contributed by atoms with van der Waals surface area (Å²) < 4.78 is 32.4. The summed E-state index contributed by atoms with van der Waals surface area (Å²) in [6, 6.07) is 0. The van der Waals surface area contributed by atoms with Gasteiger partial charge in [-0.1, -0.05) is 0 Å². The number of amides is 2. The average molecular weight is 743 g/mol. The van der Waals surface area contributed by atoms with Gasteiger partial charge in [-0.25, -0.2) is 0 Å². The van der Waals surface area contributed by atoms with E-state index in [1.54, 1.807) is 6.92 Å². The molecule has 0 radical (unpaired) electrons. The molecule has 0 aromatic rings. The minimum atomic E-state index is -1.44. The second-order valence-corrected chi connectivity index (χ2v) is 12.1. The van der Waals surface area contributed by atoms with Crippen molar-refractivity contribution in [3.05, 3.63) is 0 Å². The summed E-state index contributed by atoms with van der Waals surface area (Å²) in [5.74, 6) is -3.43. The highest BCUT2D eigenvalue weighted by Gasteiger charge is 2.42. The van der Waals surface area contributed by atoms with E-state index < -0.39 is 92.2 Å². The molecule has 9 N–H and O–H groups in total. The van der Waals surface area contributed by atoms with Crippen molar-refractivity contribution in [1.29, 1.82) is 0 Å². The molecular formula is C30H54N4O17. The number of aliphatic carboxylic acids is 2. The first-order valence-electron chi connectivity index (χ1n) is 16.7. The Balaban J connectivity index is 1.72. The molecule has 2 heterocycles. The van der Waals surface area contributed by atoms with Crippen molar-refractivity contribution < 1.29 is 83.3 Å². The van der Waals surface area contributed by atoms with Gasteiger partial charge < -0.3 is 74.8 Å². The van der Waals surface area contributed by atoms with Crippen molar-refractivity contribution >= 4 is 23.8 Å². The molecule has 0 aromatic carbocycles. The van der Waals surface area contributed by atoms with Gasteiger partial charge in [0.2, 0.25) is 11.8 Å². The number of aliphatic hydroxyl groups excluding tert-OH is 5. The number of nitrogens with zero attached hydrogens (tertiary/aromatic N) is 2. The molecule has 2 saturated heterocycles. The lowest BCUT2D eigenvalue weighted by atomic mass is 10.0. The van der Waals surface area contributed by atoms with Crippen LogP contribution in [-0.4, -0.2) is 217 Å². The number of hydrogen-bond acceptors (Lipinski definition) is 17.